The first-order valence-electron chi connectivity index (χ1n) is 7.89. The summed E-state index contributed by atoms with van der Waals surface area (Å²) in [4.78, 5) is 16.9. The van der Waals surface area contributed by atoms with Crippen LogP contribution >= 0.6 is 0 Å². The zero-order valence-electron chi connectivity index (χ0n) is 14.3. The summed E-state index contributed by atoms with van der Waals surface area (Å²) in [7, 11) is 1.85. The zero-order chi connectivity index (χ0) is 18.0. The maximum atomic E-state index is 13.2. The molecule has 0 bridgehead atoms. The minimum Gasteiger partial charge on any atom is -0.361 e. The number of hydrogen-bond acceptors (Lipinski definition) is 4. The molecule has 130 valence electrons. The maximum Gasteiger partial charge on any atom is 0.225 e. The van der Waals surface area contributed by atoms with Crippen molar-refractivity contribution >= 4 is 5.91 Å². The van der Waals surface area contributed by atoms with Crippen LogP contribution in [0.4, 0.5) is 4.39 Å². The summed E-state index contributed by atoms with van der Waals surface area (Å²) >= 11 is 0. The van der Waals surface area contributed by atoms with E-state index in [9.17, 15) is 9.18 Å². The molecule has 0 saturated carbocycles. The molecule has 0 aliphatic heterocycles. The Kier molecular flexibility index (Phi) is 4.65. The van der Waals surface area contributed by atoms with Crippen LogP contribution in [0.5, 0.6) is 0 Å². The standard InChI is InChI=1S/C18H19FN4O2/c1-11-15(12(2)25-22-11)10-16(24)21-17(18-20-8-9-23(18)3)13-4-6-14(19)7-5-13/h4-9,17H,10H2,1-3H3,(H,21,24)/t17-/m1/s1. The molecule has 25 heavy (non-hydrogen) atoms. The van der Waals surface area contributed by atoms with E-state index in [2.05, 4.69) is 15.5 Å². The minimum atomic E-state index is -0.478. The quantitative estimate of drug-likeness (QED) is 0.773. The van der Waals surface area contributed by atoms with Crippen LogP contribution < -0.4 is 5.32 Å². The van der Waals surface area contributed by atoms with Crippen molar-refractivity contribution in [2.75, 3.05) is 0 Å². The molecule has 0 spiro atoms. The van der Waals surface area contributed by atoms with Crippen LogP contribution in [0.15, 0.2) is 41.2 Å². The molecule has 6 nitrogen and oxygen atoms in total. The zero-order valence-corrected chi connectivity index (χ0v) is 14.3. The van der Waals surface area contributed by atoms with E-state index in [0.29, 0.717) is 17.3 Å². The Balaban J connectivity index is 1.86. The molecule has 2 aromatic heterocycles. The van der Waals surface area contributed by atoms with Gasteiger partial charge < -0.3 is 14.4 Å². The summed E-state index contributed by atoms with van der Waals surface area (Å²) in [5, 5.41) is 6.84. The van der Waals surface area contributed by atoms with Crippen molar-refractivity contribution in [3.05, 3.63) is 70.9 Å². The molecular formula is C18H19FN4O2. The van der Waals surface area contributed by atoms with Crippen LogP contribution in [0.1, 0.15) is 34.4 Å². The average molecular weight is 342 g/mol. The Morgan fingerprint density at radius 3 is 2.60 bits per heavy atom. The van der Waals surface area contributed by atoms with Crippen molar-refractivity contribution in [3.63, 3.8) is 0 Å². The van der Waals surface area contributed by atoms with Gasteiger partial charge in [-0.05, 0) is 31.5 Å². The number of rotatable bonds is 5. The molecule has 0 radical (unpaired) electrons. The Morgan fingerprint density at radius 1 is 1.32 bits per heavy atom. The van der Waals surface area contributed by atoms with E-state index in [1.165, 1.54) is 12.1 Å². The van der Waals surface area contributed by atoms with Gasteiger partial charge in [-0.15, -0.1) is 0 Å². The fourth-order valence-electron chi connectivity index (χ4n) is 2.73. The van der Waals surface area contributed by atoms with Crippen LogP contribution in [0, 0.1) is 19.7 Å². The highest BCUT2D eigenvalue weighted by Crippen LogP contribution is 2.21. The number of benzene rings is 1. The Hall–Kier alpha value is -2.96. The molecule has 2 heterocycles. The van der Waals surface area contributed by atoms with Crippen LogP contribution in [-0.4, -0.2) is 20.6 Å². The summed E-state index contributed by atoms with van der Waals surface area (Å²) in [5.41, 5.74) is 2.22. The van der Waals surface area contributed by atoms with E-state index in [1.807, 2.05) is 11.6 Å². The lowest BCUT2D eigenvalue weighted by Gasteiger charge is -2.19. The number of aryl methyl sites for hydroxylation is 3. The van der Waals surface area contributed by atoms with Crippen LogP contribution in [0.3, 0.4) is 0 Å². The Labute approximate surface area is 144 Å². The molecule has 7 heteroatoms. The summed E-state index contributed by atoms with van der Waals surface area (Å²) in [6, 6.07) is 5.54. The average Bonchev–Trinajstić information content (AvgIpc) is 3.14. The largest absolute Gasteiger partial charge is 0.361 e. The van der Waals surface area contributed by atoms with Crippen molar-refractivity contribution < 1.29 is 13.7 Å². The van der Waals surface area contributed by atoms with Gasteiger partial charge in [0.1, 0.15) is 23.4 Å². The molecule has 0 unspecified atom stereocenters. The second kappa shape index (κ2) is 6.88. The van der Waals surface area contributed by atoms with Crippen molar-refractivity contribution in [2.45, 2.75) is 26.3 Å². The summed E-state index contributed by atoms with van der Waals surface area (Å²) in [6.07, 6.45) is 3.61. The van der Waals surface area contributed by atoms with Gasteiger partial charge in [0.15, 0.2) is 0 Å². The molecule has 0 aliphatic rings. The van der Waals surface area contributed by atoms with Crippen molar-refractivity contribution in [1.82, 2.24) is 20.0 Å². The van der Waals surface area contributed by atoms with Gasteiger partial charge in [-0.3, -0.25) is 4.79 Å². The number of aromatic nitrogens is 3. The Morgan fingerprint density at radius 2 is 2.04 bits per heavy atom. The number of imidazole rings is 1. The van der Waals surface area contributed by atoms with Gasteiger partial charge >= 0.3 is 0 Å². The smallest absolute Gasteiger partial charge is 0.225 e. The molecular weight excluding hydrogens is 323 g/mol. The van der Waals surface area contributed by atoms with Gasteiger partial charge in [0, 0.05) is 25.0 Å². The molecule has 0 fully saturated rings. The first-order valence-corrected chi connectivity index (χ1v) is 7.89. The van der Waals surface area contributed by atoms with Gasteiger partial charge in [0.25, 0.3) is 0 Å². The fraction of sp³-hybridized carbons (Fsp3) is 0.278. The molecule has 0 saturated heterocycles. The van der Waals surface area contributed by atoms with Gasteiger partial charge in [-0.25, -0.2) is 9.37 Å². The predicted molar refractivity (Wildman–Crippen MR) is 89.3 cm³/mol. The third-order valence-corrected chi connectivity index (χ3v) is 4.14. The number of carbonyl (C=O) groups is 1. The van der Waals surface area contributed by atoms with E-state index in [1.54, 1.807) is 38.4 Å². The summed E-state index contributed by atoms with van der Waals surface area (Å²) < 4.78 is 20.2. The first-order chi connectivity index (χ1) is 12.0. The fourth-order valence-corrected chi connectivity index (χ4v) is 2.73. The third kappa shape index (κ3) is 3.60. The molecule has 3 aromatic rings. The van der Waals surface area contributed by atoms with E-state index in [4.69, 9.17) is 4.52 Å². The first kappa shape index (κ1) is 16.9. The van der Waals surface area contributed by atoms with E-state index in [0.717, 1.165) is 11.1 Å². The maximum absolute atomic E-state index is 13.2. The van der Waals surface area contributed by atoms with E-state index < -0.39 is 6.04 Å². The lowest BCUT2D eigenvalue weighted by Crippen LogP contribution is -2.32. The number of nitrogens with one attached hydrogen (secondary N) is 1. The van der Waals surface area contributed by atoms with Crippen LogP contribution in [0.2, 0.25) is 0 Å². The van der Waals surface area contributed by atoms with E-state index in [-0.39, 0.29) is 18.1 Å². The van der Waals surface area contributed by atoms with E-state index >= 15 is 0 Å². The number of carbonyl (C=O) groups excluding carboxylic acids is 1. The van der Waals surface area contributed by atoms with Gasteiger partial charge in [-0.1, -0.05) is 17.3 Å². The SMILES string of the molecule is Cc1noc(C)c1CC(=O)N[C@H](c1ccc(F)cc1)c1nccn1C. The third-order valence-electron chi connectivity index (χ3n) is 4.14. The molecule has 1 atom stereocenters. The number of nitrogens with zero attached hydrogens (tertiary/aromatic N) is 3. The molecule has 3 rings (SSSR count). The van der Waals surface area contributed by atoms with Crippen LogP contribution in [-0.2, 0) is 18.3 Å². The van der Waals surface area contributed by atoms with Crippen molar-refractivity contribution in [3.8, 4) is 0 Å². The predicted octanol–water partition coefficient (Wildman–Crippen LogP) is 2.61. The van der Waals surface area contributed by atoms with Crippen LogP contribution in [0.25, 0.3) is 0 Å². The minimum absolute atomic E-state index is 0.156. The molecule has 1 amide bonds. The highest BCUT2D eigenvalue weighted by molar-refractivity contribution is 5.79. The monoisotopic (exact) mass is 342 g/mol. The summed E-state index contributed by atoms with van der Waals surface area (Å²) in [6.45, 7) is 3.58. The highest BCUT2D eigenvalue weighted by atomic mass is 19.1. The normalized spacial score (nSPS) is 12.2. The highest BCUT2D eigenvalue weighted by Gasteiger charge is 2.22. The Bertz CT molecular complexity index is 863. The van der Waals surface area contributed by atoms with Crippen molar-refractivity contribution in [1.29, 1.82) is 0 Å². The molecule has 0 aliphatic carbocycles. The lowest BCUT2D eigenvalue weighted by molar-refractivity contribution is -0.121. The second-order valence-electron chi connectivity index (χ2n) is 5.93. The number of hydrogen-bond donors (Lipinski definition) is 1. The topological polar surface area (TPSA) is 73.0 Å². The molecule has 1 aromatic carbocycles. The lowest BCUT2D eigenvalue weighted by atomic mass is 10.0. The van der Waals surface area contributed by atoms with Gasteiger partial charge in [0.2, 0.25) is 5.91 Å². The van der Waals surface area contributed by atoms with Gasteiger partial charge in [-0.2, -0.15) is 0 Å². The number of amides is 1. The molecule has 1 N–H and O–H groups in total. The number of halogens is 1. The van der Waals surface area contributed by atoms with Crippen molar-refractivity contribution in [2.24, 2.45) is 7.05 Å². The second-order valence-corrected chi connectivity index (χ2v) is 5.93. The van der Waals surface area contributed by atoms with Gasteiger partial charge in [0.05, 0.1) is 12.1 Å². The summed E-state index contributed by atoms with van der Waals surface area (Å²) in [5.74, 6) is 0.776.